The number of guanidine groups is 1. The van der Waals surface area contributed by atoms with Crippen molar-refractivity contribution in [2.24, 2.45) is 4.99 Å². The number of carbonyl (C=O) groups excluding carboxylic acids is 1. The Morgan fingerprint density at radius 3 is 2.63 bits per heavy atom. The maximum absolute atomic E-state index is 12.0. The smallest absolute Gasteiger partial charge is 0.227 e. The van der Waals surface area contributed by atoms with Crippen molar-refractivity contribution < 1.29 is 4.79 Å². The number of anilines is 1. The fraction of sp³-hybridized carbons (Fsp3) is 0.333. The predicted molar refractivity (Wildman–Crippen MR) is 120 cm³/mol. The normalized spacial score (nSPS) is 10.7. The molecule has 2 heterocycles. The number of amides is 1. The molecule has 0 atom stereocenters. The highest BCUT2D eigenvalue weighted by Crippen LogP contribution is 2.05. The van der Waals surface area contributed by atoms with E-state index in [-0.39, 0.29) is 29.9 Å². The van der Waals surface area contributed by atoms with Crippen LogP contribution in [0.15, 0.2) is 41.5 Å². The summed E-state index contributed by atoms with van der Waals surface area (Å²) in [5.41, 5.74) is 1.95. The number of pyridine rings is 2. The fourth-order valence-electron chi connectivity index (χ4n) is 2.21. The van der Waals surface area contributed by atoms with Crippen molar-refractivity contribution in [2.45, 2.75) is 19.8 Å². The third-order valence-electron chi connectivity index (χ3n) is 3.52. The van der Waals surface area contributed by atoms with E-state index in [1.807, 2.05) is 25.1 Å². The molecule has 0 saturated carbocycles. The second-order valence-corrected chi connectivity index (χ2v) is 6.01. The minimum atomic E-state index is -0.0988. The quantitative estimate of drug-likeness (QED) is 0.234. The number of nitrogens with zero attached hydrogens (tertiary/aromatic N) is 3. The Kier molecular flexibility index (Phi) is 10.6. The first-order valence-electron chi connectivity index (χ1n) is 8.35. The Bertz CT molecular complexity index is 754. The van der Waals surface area contributed by atoms with Crippen LogP contribution >= 0.6 is 35.6 Å². The predicted octanol–water partition coefficient (Wildman–Crippen LogP) is 2.79. The molecule has 146 valence electrons. The molecule has 0 aliphatic carbocycles. The lowest BCUT2D eigenvalue weighted by Gasteiger charge is -2.12. The summed E-state index contributed by atoms with van der Waals surface area (Å²) in [5, 5.41) is 9.57. The van der Waals surface area contributed by atoms with Crippen molar-refractivity contribution in [1.29, 1.82) is 0 Å². The highest BCUT2D eigenvalue weighted by atomic mass is 127. The van der Waals surface area contributed by atoms with Crippen molar-refractivity contribution in [2.75, 3.05) is 25.5 Å². The van der Waals surface area contributed by atoms with Gasteiger partial charge in [0.05, 0.1) is 0 Å². The highest BCUT2D eigenvalue weighted by molar-refractivity contribution is 14.0. The number of hydrogen-bond acceptors (Lipinski definition) is 4. The van der Waals surface area contributed by atoms with Crippen molar-refractivity contribution >= 4 is 53.3 Å². The minimum absolute atomic E-state index is 0. The molecule has 2 aromatic heterocycles. The molecule has 0 spiro atoms. The average molecular weight is 503 g/mol. The van der Waals surface area contributed by atoms with Crippen LogP contribution in [0.25, 0.3) is 0 Å². The van der Waals surface area contributed by atoms with Gasteiger partial charge in [0.1, 0.15) is 11.0 Å². The van der Waals surface area contributed by atoms with Crippen molar-refractivity contribution in [1.82, 2.24) is 20.6 Å². The number of aromatic nitrogens is 2. The standard InChI is InChI=1S/C18H23ClN6O.HI/c1-13-4-3-5-16(24-13)25-17(26)9-11-22-18(20-2)21-10-8-14-6-7-15(19)23-12-14;/h3-7,12H,8-11H2,1-2H3,(H2,20,21,22)(H,24,25,26);1H. The first-order valence-corrected chi connectivity index (χ1v) is 8.73. The Labute approximate surface area is 181 Å². The van der Waals surface area contributed by atoms with Gasteiger partial charge in [-0.15, -0.1) is 24.0 Å². The SMILES string of the molecule is CN=C(NCCC(=O)Nc1cccc(C)n1)NCCc1ccc(Cl)nc1.I. The van der Waals surface area contributed by atoms with Gasteiger partial charge in [-0.1, -0.05) is 23.7 Å². The molecule has 2 aromatic rings. The topological polar surface area (TPSA) is 91.3 Å². The van der Waals surface area contributed by atoms with Crippen LogP contribution in [0, 0.1) is 6.92 Å². The van der Waals surface area contributed by atoms with E-state index in [1.165, 1.54) is 0 Å². The van der Waals surface area contributed by atoms with E-state index in [1.54, 1.807) is 25.4 Å². The molecule has 7 nitrogen and oxygen atoms in total. The van der Waals surface area contributed by atoms with E-state index < -0.39 is 0 Å². The largest absolute Gasteiger partial charge is 0.356 e. The Balaban J connectivity index is 0.00000364. The van der Waals surface area contributed by atoms with E-state index in [2.05, 4.69) is 30.9 Å². The second kappa shape index (κ2) is 12.4. The van der Waals surface area contributed by atoms with Crippen LogP contribution < -0.4 is 16.0 Å². The third kappa shape index (κ3) is 9.00. The van der Waals surface area contributed by atoms with Gasteiger partial charge in [-0.25, -0.2) is 9.97 Å². The highest BCUT2D eigenvalue weighted by Gasteiger charge is 2.04. The maximum atomic E-state index is 12.0. The van der Waals surface area contributed by atoms with E-state index >= 15 is 0 Å². The summed E-state index contributed by atoms with van der Waals surface area (Å²) < 4.78 is 0. The number of hydrogen-bond donors (Lipinski definition) is 3. The molecule has 27 heavy (non-hydrogen) atoms. The molecule has 1 amide bonds. The van der Waals surface area contributed by atoms with Crippen molar-refractivity contribution in [3.63, 3.8) is 0 Å². The number of aryl methyl sites for hydroxylation is 1. The number of halogens is 2. The zero-order chi connectivity index (χ0) is 18.8. The van der Waals surface area contributed by atoms with Gasteiger partial charge in [-0.05, 0) is 37.1 Å². The van der Waals surface area contributed by atoms with Gasteiger partial charge in [-0.2, -0.15) is 0 Å². The Hall–Kier alpha value is -1.94. The van der Waals surface area contributed by atoms with Gasteiger partial charge in [0, 0.05) is 38.4 Å². The summed E-state index contributed by atoms with van der Waals surface area (Å²) >= 11 is 5.77. The molecule has 0 aliphatic heterocycles. The summed E-state index contributed by atoms with van der Waals surface area (Å²) in [4.78, 5) is 24.4. The zero-order valence-corrected chi connectivity index (χ0v) is 18.4. The Morgan fingerprint density at radius 1 is 1.19 bits per heavy atom. The lowest BCUT2D eigenvalue weighted by molar-refractivity contribution is -0.116. The van der Waals surface area contributed by atoms with Gasteiger partial charge in [-0.3, -0.25) is 9.79 Å². The van der Waals surface area contributed by atoms with Crippen LogP contribution in [0.4, 0.5) is 5.82 Å². The summed E-state index contributed by atoms with van der Waals surface area (Å²) in [7, 11) is 1.69. The molecular weight excluding hydrogens is 479 g/mol. The Morgan fingerprint density at radius 2 is 1.96 bits per heavy atom. The summed E-state index contributed by atoms with van der Waals surface area (Å²) in [6.07, 6.45) is 2.87. The van der Waals surface area contributed by atoms with Crippen LogP contribution in [0.1, 0.15) is 17.7 Å². The lowest BCUT2D eigenvalue weighted by Crippen LogP contribution is -2.39. The van der Waals surface area contributed by atoms with Crippen molar-refractivity contribution in [3.05, 3.63) is 52.9 Å². The van der Waals surface area contributed by atoms with Gasteiger partial charge in [0.15, 0.2) is 5.96 Å². The summed E-state index contributed by atoms with van der Waals surface area (Å²) in [6, 6.07) is 9.22. The summed E-state index contributed by atoms with van der Waals surface area (Å²) in [5.74, 6) is 1.11. The van der Waals surface area contributed by atoms with Gasteiger partial charge in [0.2, 0.25) is 5.91 Å². The van der Waals surface area contributed by atoms with E-state index in [0.717, 1.165) is 17.7 Å². The monoisotopic (exact) mass is 502 g/mol. The van der Waals surface area contributed by atoms with Crippen LogP contribution in [0.2, 0.25) is 5.15 Å². The zero-order valence-electron chi connectivity index (χ0n) is 15.3. The first-order chi connectivity index (χ1) is 12.6. The van der Waals surface area contributed by atoms with Crippen LogP contribution in [-0.4, -0.2) is 42.0 Å². The van der Waals surface area contributed by atoms with Crippen molar-refractivity contribution in [3.8, 4) is 0 Å². The molecule has 9 heteroatoms. The molecule has 0 bridgehead atoms. The molecule has 0 aliphatic rings. The lowest BCUT2D eigenvalue weighted by atomic mass is 10.2. The van der Waals surface area contributed by atoms with Gasteiger partial charge >= 0.3 is 0 Å². The molecule has 0 aromatic carbocycles. The fourth-order valence-corrected chi connectivity index (χ4v) is 2.32. The third-order valence-corrected chi connectivity index (χ3v) is 3.74. The van der Waals surface area contributed by atoms with Crippen LogP contribution in [-0.2, 0) is 11.2 Å². The van der Waals surface area contributed by atoms with Gasteiger partial charge in [0.25, 0.3) is 0 Å². The number of nitrogens with one attached hydrogen (secondary N) is 3. The van der Waals surface area contributed by atoms with Crippen LogP contribution in [0.5, 0.6) is 0 Å². The first kappa shape index (κ1) is 23.1. The number of carbonyl (C=O) groups is 1. The van der Waals surface area contributed by atoms with E-state index in [0.29, 0.717) is 36.4 Å². The molecule has 2 rings (SSSR count). The number of aliphatic imine (C=N–C) groups is 1. The molecular formula is C18H24ClIN6O. The molecule has 0 radical (unpaired) electrons. The average Bonchev–Trinajstić information content (AvgIpc) is 2.62. The van der Waals surface area contributed by atoms with E-state index in [4.69, 9.17) is 11.6 Å². The van der Waals surface area contributed by atoms with Crippen LogP contribution in [0.3, 0.4) is 0 Å². The van der Waals surface area contributed by atoms with E-state index in [9.17, 15) is 4.79 Å². The molecule has 0 unspecified atom stereocenters. The second-order valence-electron chi connectivity index (χ2n) is 5.63. The molecule has 0 fully saturated rings. The molecule has 3 N–H and O–H groups in total. The van der Waals surface area contributed by atoms with Gasteiger partial charge < -0.3 is 16.0 Å². The number of rotatable bonds is 7. The minimum Gasteiger partial charge on any atom is -0.356 e. The molecule has 0 saturated heterocycles. The summed E-state index contributed by atoms with van der Waals surface area (Å²) in [6.45, 7) is 3.05. The maximum Gasteiger partial charge on any atom is 0.227 e.